The average Bonchev–Trinajstić information content (AvgIpc) is 2.66. The fraction of sp³-hybridized carbons (Fsp3) is 0.611. The minimum absolute atomic E-state index is 0.169. The fourth-order valence-electron chi connectivity index (χ4n) is 2.89. The fourth-order valence-corrected chi connectivity index (χ4v) is 3.87. The minimum Gasteiger partial charge on any atom is -0.489 e. The number of alkyl halides is 3. The molecule has 1 fully saturated rings. The Kier molecular flexibility index (Phi) is 8.14. The molecule has 1 aromatic carbocycles. The molecule has 0 spiro atoms. The third kappa shape index (κ3) is 6.77. The van der Waals surface area contributed by atoms with Crippen LogP contribution in [0.1, 0.15) is 26.7 Å². The summed E-state index contributed by atoms with van der Waals surface area (Å²) in [5.41, 5.74) is -5.27. The topological polar surface area (TPSA) is 83.0 Å². The number of sulfonamides is 1. The molecule has 0 saturated carbocycles. The maximum Gasteiger partial charge on any atom is 0.511 e. The summed E-state index contributed by atoms with van der Waals surface area (Å²) < 4.78 is 67.3. The van der Waals surface area contributed by atoms with Gasteiger partial charge in [0.05, 0.1) is 6.54 Å². The first-order valence-corrected chi connectivity index (χ1v) is 10.9. The van der Waals surface area contributed by atoms with Crippen molar-refractivity contribution in [3.63, 3.8) is 0 Å². The van der Waals surface area contributed by atoms with E-state index in [1.165, 1.54) is 0 Å². The molecule has 1 aliphatic heterocycles. The van der Waals surface area contributed by atoms with Crippen LogP contribution in [0, 0.1) is 0 Å². The van der Waals surface area contributed by atoms with E-state index in [0.29, 0.717) is 23.4 Å². The number of piperidine rings is 1. The molecule has 1 aliphatic rings. The van der Waals surface area contributed by atoms with Gasteiger partial charge in [-0.3, -0.25) is 0 Å². The third-order valence-corrected chi connectivity index (χ3v) is 5.99. The van der Waals surface area contributed by atoms with E-state index >= 15 is 0 Å². The van der Waals surface area contributed by atoms with Gasteiger partial charge in [0, 0.05) is 25.7 Å². The number of hydrogen-bond acceptors (Lipinski definition) is 4. The van der Waals surface area contributed by atoms with Crippen molar-refractivity contribution in [1.82, 2.24) is 14.9 Å². The lowest BCUT2D eigenvalue weighted by Gasteiger charge is -2.32. The van der Waals surface area contributed by atoms with Crippen LogP contribution in [0.25, 0.3) is 0 Å². The van der Waals surface area contributed by atoms with Crippen LogP contribution in [-0.4, -0.2) is 62.5 Å². The number of guanidine groups is 1. The summed E-state index contributed by atoms with van der Waals surface area (Å²) in [6.07, 6.45) is 0.345. The molecule has 0 radical (unpaired) electrons. The lowest BCUT2D eigenvalue weighted by molar-refractivity contribution is -0.0494. The third-order valence-electron chi connectivity index (χ3n) is 4.36. The van der Waals surface area contributed by atoms with Gasteiger partial charge in [-0.15, -0.1) is 0 Å². The molecule has 29 heavy (non-hydrogen) atoms. The number of aliphatic imine (C=N–C) groups is 1. The Morgan fingerprint density at radius 1 is 1.28 bits per heavy atom. The molecule has 0 aliphatic carbocycles. The number of rotatable bonds is 7. The Balaban J connectivity index is 1.88. The average molecular weight is 437 g/mol. The number of para-hydroxylation sites is 1. The van der Waals surface area contributed by atoms with Crippen molar-refractivity contribution in [1.29, 1.82) is 0 Å². The van der Waals surface area contributed by atoms with E-state index in [1.54, 1.807) is 0 Å². The Bertz CT molecular complexity index is 764. The molecule has 7 nitrogen and oxygen atoms in total. The zero-order valence-electron chi connectivity index (χ0n) is 16.4. The van der Waals surface area contributed by atoms with Crippen molar-refractivity contribution in [2.24, 2.45) is 4.99 Å². The second-order valence-corrected chi connectivity index (χ2v) is 8.66. The van der Waals surface area contributed by atoms with Gasteiger partial charge >= 0.3 is 15.5 Å². The lowest BCUT2D eigenvalue weighted by atomic mass is 10.1. The van der Waals surface area contributed by atoms with Crippen molar-refractivity contribution >= 4 is 16.0 Å². The van der Waals surface area contributed by atoms with E-state index in [9.17, 15) is 21.6 Å². The van der Waals surface area contributed by atoms with Crippen LogP contribution in [0.15, 0.2) is 35.3 Å². The number of benzene rings is 1. The van der Waals surface area contributed by atoms with E-state index in [4.69, 9.17) is 4.74 Å². The monoisotopic (exact) mass is 436 g/mol. The van der Waals surface area contributed by atoms with E-state index in [-0.39, 0.29) is 38.1 Å². The van der Waals surface area contributed by atoms with Crippen LogP contribution in [0.4, 0.5) is 13.2 Å². The Morgan fingerprint density at radius 3 is 2.45 bits per heavy atom. The van der Waals surface area contributed by atoms with Crippen LogP contribution >= 0.6 is 0 Å². The van der Waals surface area contributed by atoms with Gasteiger partial charge in [-0.1, -0.05) is 18.2 Å². The van der Waals surface area contributed by atoms with Crippen LogP contribution in [0.3, 0.4) is 0 Å². The number of ether oxygens (including phenoxy) is 1. The number of hydrogen-bond donors (Lipinski definition) is 2. The first-order valence-electron chi connectivity index (χ1n) is 9.46. The summed E-state index contributed by atoms with van der Waals surface area (Å²) in [4.78, 5) is 4.47. The molecule has 0 amide bonds. The van der Waals surface area contributed by atoms with E-state index in [0.717, 1.165) is 5.75 Å². The molecule has 164 valence electrons. The highest BCUT2D eigenvalue weighted by atomic mass is 32.2. The van der Waals surface area contributed by atoms with Gasteiger partial charge in [0.25, 0.3) is 0 Å². The van der Waals surface area contributed by atoms with Crippen LogP contribution in [0.5, 0.6) is 5.75 Å². The number of nitrogens with zero attached hydrogens (tertiary/aromatic N) is 2. The quantitative estimate of drug-likeness (QED) is 0.506. The zero-order valence-corrected chi connectivity index (χ0v) is 17.3. The Morgan fingerprint density at radius 2 is 1.90 bits per heavy atom. The summed E-state index contributed by atoms with van der Waals surface area (Å²) in [7, 11) is -5.27. The molecule has 1 heterocycles. The van der Waals surface area contributed by atoms with Crippen LogP contribution in [0.2, 0.25) is 0 Å². The molecule has 1 aromatic rings. The number of nitrogens with one attached hydrogen (secondary N) is 2. The lowest BCUT2D eigenvalue weighted by Crippen LogP contribution is -2.51. The second kappa shape index (κ2) is 10.1. The summed E-state index contributed by atoms with van der Waals surface area (Å²) in [6.45, 7) is 4.41. The minimum atomic E-state index is -5.27. The Labute approximate surface area is 169 Å². The highest BCUT2D eigenvalue weighted by Gasteiger charge is 2.50. The normalized spacial score (nSPS) is 18.3. The molecule has 1 unspecified atom stereocenters. The standard InChI is InChI=1S/C18H27F3N4O3S/c1-3-22-17(23-13-14(2)28-16-7-5-4-6-8-16)24-15-9-11-25(12-10-15)29(26,27)18(19,20)21/h4-8,14-15H,3,9-13H2,1-2H3,(H2,22,23,24). The van der Waals surface area contributed by atoms with Crippen molar-refractivity contribution < 1.29 is 26.3 Å². The SMILES string of the molecule is CCNC(=NCC(C)Oc1ccccc1)NC1CCN(S(=O)(=O)C(F)(F)F)CC1. The van der Waals surface area contributed by atoms with E-state index in [2.05, 4.69) is 15.6 Å². The summed E-state index contributed by atoms with van der Waals surface area (Å²) >= 11 is 0. The molecular weight excluding hydrogens is 409 g/mol. The maximum atomic E-state index is 12.7. The second-order valence-electron chi connectivity index (χ2n) is 6.73. The van der Waals surface area contributed by atoms with E-state index < -0.39 is 15.5 Å². The first-order chi connectivity index (χ1) is 13.6. The van der Waals surface area contributed by atoms with Gasteiger partial charge in [-0.25, -0.2) is 13.4 Å². The highest BCUT2D eigenvalue weighted by molar-refractivity contribution is 7.90. The smallest absolute Gasteiger partial charge is 0.489 e. The van der Waals surface area contributed by atoms with E-state index in [1.807, 2.05) is 44.2 Å². The summed E-state index contributed by atoms with van der Waals surface area (Å²) in [5.74, 6) is 1.26. The van der Waals surface area contributed by atoms with Crippen molar-refractivity contribution in [3.05, 3.63) is 30.3 Å². The van der Waals surface area contributed by atoms with Crippen LogP contribution < -0.4 is 15.4 Å². The predicted molar refractivity (Wildman–Crippen MR) is 105 cm³/mol. The van der Waals surface area contributed by atoms with Gasteiger partial charge in [-0.05, 0) is 38.8 Å². The molecule has 11 heteroatoms. The summed E-state index contributed by atoms with van der Waals surface area (Å²) in [6, 6.07) is 9.19. The molecule has 1 saturated heterocycles. The highest BCUT2D eigenvalue weighted by Crippen LogP contribution is 2.28. The molecular formula is C18H27F3N4O3S. The number of halogens is 3. The van der Waals surface area contributed by atoms with Gasteiger partial charge in [0.1, 0.15) is 11.9 Å². The van der Waals surface area contributed by atoms with Crippen molar-refractivity contribution in [2.75, 3.05) is 26.2 Å². The largest absolute Gasteiger partial charge is 0.511 e. The molecule has 1 atom stereocenters. The molecule has 0 aromatic heterocycles. The summed E-state index contributed by atoms with van der Waals surface area (Å²) in [5, 5.41) is 6.25. The molecule has 2 rings (SSSR count). The Hall–Kier alpha value is -2.01. The van der Waals surface area contributed by atoms with Crippen molar-refractivity contribution in [3.8, 4) is 5.75 Å². The predicted octanol–water partition coefficient (Wildman–Crippen LogP) is 2.32. The van der Waals surface area contributed by atoms with Gasteiger partial charge in [0.15, 0.2) is 5.96 Å². The molecule has 2 N–H and O–H groups in total. The van der Waals surface area contributed by atoms with Crippen molar-refractivity contribution in [2.45, 2.75) is 44.3 Å². The molecule has 0 bridgehead atoms. The van der Waals surface area contributed by atoms with Gasteiger partial charge in [0.2, 0.25) is 0 Å². The van der Waals surface area contributed by atoms with Gasteiger partial charge < -0.3 is 15.4 Å². The maximum absolute atomic E-state index is 12.7. The first kappa shape index (κ1) is 23.3. The van der Waals surface area contributed by atoms with Gasteiger partial charge in [-0.2, -0.15) is 17.5 Å². The zero-order chi connectivity index (χ0) is 21.5. The van der Waals surface area contributed by atoms with Crippen LogP contribution in [-0.2, 0) is 10.0 Å².